The highest BCUT2D eigenvalue weighted by atomic mass is 32.2. The molecule has 0 spiro atoms. The third-order valence-electron chi connectivity index (χ3n) is 3.27. The summed E-state index contributed by atoms with van der Waals surface area (Å²) in [6.07, 6.45) is 1.70. The van der Waals surface area contributed by atoms with Crippen LogP contribution in [-0.2, 0) is 14.8 Å². The number of aliphatic carboxylic acids is 1. The first-order chi connectivity index (χ1) is 8.85. The second-order valence-corrected chi connectivity index (χ2v) is 6.45. The summed E-state index contributed by atoms with van der Waals surface area (Å²) in [5.41, 5.74) is 0.257. The van der Waals surface area contributed by atoms with Gasteiger partial charge >= 0.3 is 5.97 Å². The standard InChI is InChI=1S/C11H16N2O5S/c1-7-10(8(2)18-12-7)19(16,17)13-6-4-3-5-9(13)11(14)15/h9H,3-6H2,1-2H3,(H,14,15)/t9-/m0/s1. The molecule has 0 aliphatic carbocycles. The van der Waals surface area contributed by atoms with Crippen LogP contribution in [0.15, 0.2) is 9.42 Å². The highest BCUT2D eigenvalue weighted by Crippen LogP contribution is 2.29. The number of sulfonamides is 1. The van der Waals surface area contributed by atoms with E-state index in [2.05, 4.69) is 5.16 Å². The number of aryl methyl sites for hydroxylation is 2. The van der Waals surface area contributed by atoms with Crippen LogP contribution in [0, 0.1) is 13.8 Å². The highest BCUT2D eigenvalue weighted by molar-refractivity contribution is 7.89. The van der Waals surface area contributed by atoms with E-state index in [9.17, 15) is 13.2 Å². The Bertz CT molecular complexity index is 573. The van der Waals surface area contributed by atoms with Crippen LogP contribution in [0.1, 0.15) is 30.7 Å². The quantitative estimate of drug-likeness (QED) is 0.887. The van der Waals surface area contributed by atoms with Gasteiger partial charge in [0.15, 0.2) is 5.76 Å². The predicted octanol–water partition coefficient (Wildman–Crippen LogP) is 0.919. The SMILES string of the molecule is Cc1noc(C)c1S(=O)(=O)N1CCCC[C@H]1C(=O)O. The summed E-state index contributed by atoms with van der Waals surface area (Å²) in [6.45, 7) is 3.25. The van der Waals surface area contributed by atoms with Gasteiger partial charge in [0.05, 0.1) is 0 Å². The molecule has 8 heteroatoms. The van der Waals surface area contributed by atoms with Crippen LogP contribution in [0.5, 0.6) is 0 Å². The van der Waals surface area contributed by atoms with Gasteiger partial charge in [-0.1, -0.05) is 5.16 Å². The molecule has 1 fully saturated rings. The average molecular weight is 288 g/mol. The molecule has 0 bridgehead atoms. The van der Waals surface area contributed by atoms with Crippen LogP contribution >= 0.6 is 0 Å². The molecule has 0 radical (unpaired) electrons. The summed E-state index contributed by atoms with van der Waals surface area (Å²) in [5, 5.41) is 12.8. The summed E-state index contributed by atoms with van der Waals surface area (Å²) in [6, 6.07) is -1.01. The van der Waals surface area contributed by atoms with E-state index >= 15 is 0 Å². The predicted molar refractivity (Wildman–Crippen MR) is 65.1 cm³/mol. The monoisotopic (exact) mass is 288 g/mol. The van der Waals surface area contributed by atoms with E-state index < -0.39 is 22.0 Å². The minimum absolute atomic E-state index is 0.0133. The smallest absolute Gasteiger partial charge is 0.322 e. The van der Waals surface area contributed by atoms with Gasteiger partial charge in [-0.3, -0.25) is 4.79 Å². The minimum atomic E-state index is -3.88. The fourth-order valence-electron chi connectivity index (χ4n) is 2.40. The van der Waals surface area contributed by atoms with Crippen LogP contribution in [0.3, 0.4) is 0 Å². The molecule has 0 amide bonds. The summed E-state index contributed by atoms with van der Waals surface area (Å²) in [4.78, 5) is 11.2. The topological polar surface area (TPSA) is 101 Å². The van der Waals surface area contributed by atoms with E-state index in [1.807, 2.05) is 0 Å². The van der Waals surface area contributed by atoms with E-state index in [1.54, 1.807) is 0 Å². The maximum atomic E-state index is 12.6. The molecule has 7 nitrogen and oxygen atoms in total. The third-order valence-corrected chi connectivity index (χ3v) is 5.43. The Kier molecular flexibility index (Phi) is 3.64. The molecule has 0 saturated carbocycles. The van der Waals surface area contributed by atoms with Crippen molar-refractivity contribution in [3.8, 4) is 0 Å². The number of piperidine rings is 1. The van der Waals surface area contributed by atoms with Gasteiger partial charge in [-0.25, -0.2) is 8.42 Å². The van der Waals surface area contributed by atoms with Gasteiger partial charge in [0.1, 0.15) is 16.6 Å². The third kappa shape index (κ3) is 2.37. The molecule has 106 valence electrons. The van der Waals surface area contributed by atoms with Crippen LogP contribution < -0.4 is 0 Å². The fraction of sp³-hybridized carbons (Fsp3) is 0.636. The Balaban J connectivity index is 2.46. The summed E-state index contributed by atoms with van der Waals surface area (Å²) in [7, 11) is -3.88. The fourth-order valence-corrected chi connectivity index (χ4v) is 4.35. The lowest BCUT2D eigenvalue weighted by Gasteiger charge is -2.31. The van der Waals surface area contributed by atoms with Crippen LogP contribution in [0.4, 0.5) is 0 Å². The maximum absolute atomic E-state index is 12.6. The number of nitrogens with zero attached hydrogens (tertiary/aromatic N) is 2. The normalized spacial score (nSPS) is 21.5. The molecule has 1 atom stereocenters. The zero-order valence-corrected chi connectivity index (χ0v) is 11.6. The van der Waals surface area contributed by atoms with Gasteiger partial charge in [-0.05, 0) is 33.1 Å². The van der Waals surface area contributed by atoms with Gasteiger partial charge in [0, 0.05) is 6.54 Å². The Labute approximate surface area is 111 Å². The molecular formula is C11H16N2O5S. The molecule has 19 heavy (non-hydrogen) atoms. The molecule has 1 saturated heterocycles. The zero-order chi connectivity index (χ0) is 14.2. The first-order valence-corrected chi connectivity index (χ1v) is 7.47. The molecule has 2 rings (SSSR count). The van der Waals surface area contributed by atoms with Gasteiger partial charge in [0.2, 0.25) is 10.0 Å². The van der Waals surface area contributed by atoms with E-state index in [1.165, 1.54) is 13.8 Å². The first-order valence-electron chi connectivity index (χ1n) is 6.03. The first kappa shape index (κ1) is 14.0. The largest absolute Gasteiger partial charge is 0.480 e. The average Bonchev–Trinajstić information content (AvgIpc) is 2.69. The van der Waals surface area contributed by atoms with E-state index in [0.29, 0.717) is 19.3 Å². The molecule has 2 heterocycles. The van der Waals surface area contributed by atoms with Crippen molar-refractivity contribution in [2.45, 2.75) is 44.0 Å². The Morgan fingerprint density at radius 3 is 2.63 bits per heavy atom. The van der Waals surface area contributed by atoms with Gasteiger partial charge < -0.3 is 9.63 Å². The molecule has 1 aromatic heterocycles. The number of hydrogen-bond acceptors (Lipinski definition) is 5. The van der Waals surface area contributed by atoms with Crippen LogP contribution in [-0.4, -0.2) is 41.5 Å². The highest BCUT2D eigenvalue weighted by Gasteiger charge is 2.40. The van der Waals surface area contributed by atoms with E-state index in [-0.39, 0.29) is 22.9 Å². The van der Waals surface area contributed by atoms with Crippen molar-refractivity contribution < 1.29 is 22.8 Å². The Morgan fingerprint density at radius 1 is 1.42 bits per heavy atom. The van der Waals surface area contributed by atoms with Gasteiger partial charge in [-0.15, -0.1) is 0 Å². The lowest BCUT2D eigenvalue weighted by atomic mass is 10.1. The van der Waals surface area contributed by atoms with Crippen molar-refractivity contribution in [3.63, 3.8) is 0 Å². The van der Waals surface area contributed by atoms with Gasteiger partial charge in [-0.2, -0.15) is 4.31 Å². The number of carboxylic acids is 1. The lowest BCUT2D eigenvalue weighted by molar-refractivity contribution is -0.142. The molecule has 1 N–H and O–H groups in total. The van der Waals surface area contributed by atoms with Crippen molar-refractivity contribution in [1.29, 1.82) is 0 Å². The Morgan fingerprint density at radius 2 is 2.11 bits per heavy atom. The second-order valence-electron chi connectivity index (χ2n) is 4.62. The van der Waals surface area contributed by atoms with Crippen molar-refractivity contribution in [3.05, 3.63) is 11.5 Å². The minimum Gasteiger partial charge on any atom is -0.480 e. The Hall–Kier alpha value is -1.41. The van der Waals surface area contributed by atoms with E-state index in [4.69, 9.17) is 9.63 Å². The summed E-state index contributed by atoms with van der Waals surface area (Å²) >= 11 is 0. The number of rotatable bonds is 3. The molecular weight excluding hydrogens is 272 g/mol. The van der Waals surface area contributed by atoms with Crippen molar-refractivity contribution in [2.24, 2.45) is 0 Å². The number of carbonyl (C=O) groups is 1. The molecule has 1 aliphatic heterocycles. The van der Waals surface area contributed by atoms with Gasteiger partial charge in [0.25, 0.3) is 0 Å². The van der Waals surface area contributed by atoms with Crippen LogP contribution in [0.2, 0.25) is 0 Å². The number of aromatic nitrogens is 1. The lowest BCUT2D eigenvalue weighted by Crippen LogP contribution is -2.48. The molecule has 0 unspecified atom stereocenters. The molecule has 1 aromatic rings. The summed E-state index contributed by atoms with van der Waals surface area (Å²) in [5.74, 6) is -0.928. The van der Waals surface area contributed by atoms with Crippen molar-refractivity contribution in [1.82, 2.24) is 9.46 Å². The number of hydrogen-bond donors (Lipinski definition) is 1. The summed E-state index contributed by atoms with van der Waals surface area (Å²) < 4.78 is 31.0. The van der Waals surface area contributed by atoms with Crippen molar-refractivity contribution >= 4 is 16.0 Å². The van der Waals surface area contributed by atoms with Crippen molar-refractivity contribution in [2.75, 3.05) is 6.54 Å². The molecule has 1 aliphatic rings. The van der Waals surface area contributed by atoms with Crippen LogP contribution in [0.25, 0.3) is 0 Å². The maximum Gasteiger partial charge on any atom is 0.322 e. The molecule has 0 aromatic carbocycles. The second kappa shape index (κ2) is 4.93. The van der Waals surface area contributed by atoms with E-state index in [0.717, 1.165) is 4.31 Å². The zero-order valence-electron chi connectivity index (χ0n) is 10.8. The number of carboxylic acid groups (broad SMARTS) is 1.